The molecule has 1 aromatic rings. The zero-order valence-corrected chi connectivity index (χ0v) is 11.2. The summed E-state index contributed by atoms with van der Waals surface area (Å²) in [7, 11) is 0. The van der Waals surface area contributed by atoms with Gasteiger partial charge in [0.15, 0.2) is 0 Å². The third-order valence-electron chi connectivity index (χ3n) is 3.65. The first-order chi connectivity index (χ1) is 8.19. The van der Waals surface area contributed by atoms with Crippen molar-refractivity contribution in [3.63, 3.8) is 0 Å². The van der Waals surface area contributed by atoms with Crippen LogP contribution >= 0.6 is 11.6 Å². The quantitative estimate of drug-likeness (QED) is 0.893. The molecule has 0 aliphatic carbocycles. The molecule has 0 amide bonds. The maximum absolute atomic E-state index is 6.02. The highest BCUT2D eigenvalue weighted by Gasteiger charge is 2.22. The monoisotopic (exact) mass is 252 g/mol. The lowest BCUT2D eigenvalue weighted by molar-refractivity contribution is 0.309. The van der Waals surface area contributed by atoms with Gasteiger partial charge in [0, 0.05) is 18.1 Å². The Morgan fingerprint density at radius 1 is 1.53 bits per heavy atom. The molecule has 0 saturated carbocycles. The van der Waals surface area contributed by atoms with Crippen LogP contribution in [0.15, 0.2) is 24.3 Å². The molecule has 2 unspecified atom stereocenters. The lowest BCUT2D eigenvalue weighted by Crippen LogP contribution is -2.27. The topological polar surface area (TPSA) is 29.3 Å². The fourth-order valence-electron chi connectivity index (χ4n) is 2.58. The average Bonchev–Trinajstić information content (AvgIpc) is 2.77. The number of benzene rings is 1. The van der Waals surface area contributed by atoms with Crippen molar-refractivity contribution >= 4 is 11.6 Å². The molecular formula is C14H21ClN2. The molecule has 3 heteroatoms. The molecule has 0 spiro atoms. The van der Waals surface area contributed by atoms with Gasteiger partial charge in [-0.25, -0.2) is 0 Å². The van der Waals surface area contributed by atoms with E-state index in [9.17, 15) is 0 Å². The molecule has 2 nitrogen and oxygen atoms in total. The SMILES string of the molecule is CC(CN1CCC(CN)C1)c1cccc(Cl)c1. The normalized spacial score (nSPS) is 22.9. The number of nitrogens with two attached hydrogens (primary N) is 1. The van der Waals surface area contributed by atoms with Gasteiger partial charge in [0.2, 0.25) is 0 Å². The summed E-state index contributed by atoms with van der Waals surface area (Å²) >= 11 is 6.02. The molecule has 0 radical (unpaired) electrons. The minimum absolute atomic E-state index is 0.533. The molecule has 1 fully saturated rings. The van der Waals surface area contributed by atoms with E-state index in [4.69, 9.17) is 17.3 Å². The van der Waals surface area contributed by atoms with Crippen LogP contribution in [0.1, 0.15) is 24.8 Å². The highest BCUT2D eigenvalue weighted by molar-refractivity contribution is 6.30. The maximum atomic E-state index is 6.02. The standard InChI is InChI=1S/C14H21ClN2/c1-11(13-3-2-4-14(15)7-13)9-17-6-5-12(8-16)10-17/h2-4,7,11-12H,5-6,8-10,16H2,1H3. The Morgan fingerprint density at radius 2 is 2.35 bits per heavy atom. The molecule has 2 rings (SSSR count). The van der Waals surface area contributed by atoms with E-state index in [0.717, 1.165) is 24.7 Å². The van der Waals surface area contributed by atoms with Crippen LogP contribution in [0.3, 0.4) is 0 Å². The van der Waals surface area contributed by atoms with Gasteiger partial charge in [-0.1, -0.05) is 30.7 Å². The first-order valence-electron chi connectivity index (χ1n) is 6.37. The molecule has 2 atom stereocenters. The van der Waals surface area contributed by atoms with Crippen LogP contribution in [0.4, 0.5) is 0 Å². The Bertz CT molecular complexity index is 367. The fourth-order valence-corrected chi connectivity index (χ4v) is 2.78. The van der Waals surface area contributed by atoms with Crippen molar-refractivity contribution in [2.24, 2.45) is 11.7 Å². The van der Waals surface area contributed by atoms with E-state index in [-0.39, 0.29) is 0 Å². The van der Waals surface area contributed by atoms with Crippen molar-refractivity contribution in [1.82, 2.24) is 4.90 Å². The van der Waals surface area contributed by atoms with E-state index >= 15 is 0 Å². The van der Waals surface area contributed by atoms with Gasteiger partial charge in [-0.2, -0.15) is 0 Å². The number of rotatable bonds is 4. The molecule has 1 heterocycles. The summed E-state index contributed by atoms with van der Waals surface area (Å²) in [5.74, 6) is 1.23. The molecule has 17 heavy (non-hydrogen) atoms. The Labute approximate surface area is 109 Å². The molecule has 1 aliphatic rings. The number of likely N-dealkylation sites (tertiary alicyclic amines) is 1. The fraction of sp³-hybridized carbons (Fsp3) is 0.571. The number of hydrogen-bond acceptors (Lipinski definition) is 2. The largest absolute Gasteiger partial charge is 0.330 e. The Hall–Kier alpha value is -0.570. The summed E-state index contributed by atoms with van der Waals surface area (Å²) in [4.78, 5) is 2.52. The van der Waals surface area contributed by atoms with Crippen molar-refractivity contribution in [1.29, 1.82) is 0 Å². The Balaban J connectivity index is 1.91. The predicted molar refractivity (Wildman–Crippen MR) is 73.5 cm³/mol. The van der Waals surface area contributed by atoms with Gasteiger partial charge < -0.3 is 10.6 Å². The van der Waals surface area contributed by atoms with Crippen LogP contribution in [0.25, 0.3) is 0 Å². The van der Waals surface area contributed by atoms with Crippen LogP contribution < -0.4 is 5.73 Å². The van der Waals surface area contributed by atoms with Crippen molar-refractivity contribution in [3.05, 3.63) is 34.9 Å². The van der Waals surface area contributed by atoms with E-state index in [1.807, 2.05) is 12.1 Å². The number of nitrogens with zero attached hydrogens (tertiary/aromatic N) is 1. The minimum Gasteiger partial charge on any atom is -0.330 e. The summed E-state index contributed by atoms with van der Waals surface area (Å²) in [5, 5.41) is 0.829. The van der Waals surface area contributed by atoms with Crippen molar-refractivity contribution in [3.8, 4) is 0 Å². The van der Waals surface area contributed by atoms with Crippen LogP contribution in [0, 0.1) is 5.92 Å². The third kappa shape index (κ3) is 3.44. The molecule has 0 bridgehead atoms. The van der Waals surface area contributed by atoms with Crippen molar-refractivity contribution in [2.75, 3.05) is 26.2 Å². The summed E-state index contributed by atoms with van der Waals surface area (Å²) in [6.07, 6.45) is 1.25. The molecule has 1 aromatic carbocycles. The maximum Gasteiger partial charge on any atom is 0.0408 e. The molecule has 0 aromatic heterocycles. The summed E-state index contributed by atoms with van der Waals surface area (Å²) in [5.41, 5.74) is 7.04. The number of hydrogen-bond donors (Lipinski definition) is 1. The second-order valence-electron chi connectivity index (χ2n) is 5.11. The van der Waals surface area contributed by atoms with Gasteiger partial charge in [0.25, 0.3) is 0 Å². The molecule has 1 aliphatic heterocycles. The highest BCUT2D eigenvalue weighted by Crippen LogP contribution is 2.23. The second kappa shape index (κ2) is 5.85. The average molecular weight is 253 g/mol. The van der Waals surface area contributed by atoms with E-state index < -0.39 is 0 Å². The van der Waals surface area contributed by atoms with Gasteiger partial charge in [0.1, 0.15) is 0 Å². The Kier molecular flexibility index (Phi) is 4.43. The lowest BCUT2D eigenvalue weighted by Gasteiger charge is -2.21. The molecular weight excluding hydrogens is 232 g/mol. The van der Waals surface area contributed by atoms with E-state index in [1.165, 1.54) is 18.5 Å². The van der Waals surface area contributed by atoms with Gasteiger partial charge in [-0.05, 0) is 49.0 Å². The van der Waals surface area contributed by atoms with E-state index in [1.54, 1.807) is 0 Å². The zero-order valence-electron chi connectivity index (χ0n) is 10.4. The van der Waals surface area contributed by atoms with E-state index in [2.05, 4.69) is 24.0 Å². The van der Waals surface area contributed by atoms with Crippen LogP contribution in [0.2, 0.25) is 5.02 Å². The lowest BCUT2D eigenvalue weighted by atomic mass is 10.0. The van der Waals surface area contributed by atoms with Crippen molar-refractivity contribution in [2.45, 2.75) is 19.3 Å². The molecule has 2 N–H and O–H groups in total. The Morgan fingerprint density at radius 3 is 3.00 bits per heavy atom. The predicted octanol–water partition coefficient (Wildman–Crippen LogP) is 2.72. The summed E-state index contributed by atoms with van der Waals surface area (Å²) < 4.78 is 0. The summed E-state index contributed by atoms with van der Waals surface area (Å²) in [6, 6.07) is 8.19. The molecule has 1 saturated heterocycles. The second-order valence-corrected chi connectivity index (χ2v) is 5.54. The smallest absolute Gasteiger partial charge is 0.0408 e. The van der Waals surface area contributed by atoms with Crippen molar-refractivity contribution < 1.29 is 0 Å². The van der Waals surface area contributed by atoms with Crippen LogP contribution in [-0.2, 0) is 0 Å². The first kappa shape index (κ1) is 12.9. The van der Waals surface area contributed by atoms with Crippen LogP contribution in [0.5, 0.6) is 0 Å². The van der Waals surface area contributed by atoms with E-state index in [0.29, 0.717) is 11.8 Å². The van der Waals surface area contributed by atoms with Gasteiger partial charge >= 0.3 is 0 Å². The van der Waals surface area contributed by atoms with Crippen LogP contribution in [-0.4, -0.2) is 31.1 Å². The minimum atomic E-state index is 0.533. The molecule has 94 valence electrons. The number of halogens is 1. The third-order valence-corrected chi connectivity index (χ3v) is 3.89. The zero-order chi connectivity index (χ0) is 12.3. The summed E-state index contributed by atoms with van der Waals surface area (Å²) in [6.45, 7) is 6.54. The first-order valence-corrected chi connectivity index (χ1v) is 6.74. The highest BCUT2D eigenvalue weighted by atomic mass is 35.5. The van der Waals surface area contributed by atoms with Gasteiger partial charge in [-0.15, -0.1) is 0 Å². The van der Waals surface area contributed by atoms with Gasteiger partial charge in [-0.3, -0.25) is 0 Å². The van der Waals surface area contributed by atoms with Gasteiger partial charge in [0.05, 0.1) is 0 Å².